The Morgan fingerprint density at radius 1 is 1.48 bits per heavy atom. The molecule has 1 aliphatic rings. The molecule has 1 N–H and O–H groups in total. The third-order valence-corrected chi connectivity index (χ3v) is 4.30. The van der Waals surface area contributed by atoms with E-state index in [1.807, 2.05) is 6.92 Å². The second-order valence-electron chi connectivity index (χ2n) is 6.06. The molecule has 0 saturated carbocycles. The van der Waals surface area contributed by atoms with Gasteiger partial charge < -0.3 is 10.1 Å². The normalized spacial score (nSPS) is 23.1. The van der Waals surface area contributed by atoms with Crippen LogP contribution >= 0.6 is 0 Å². The fraction of sp³-hybridized carbons (Fsp3) is 0.733. The van der Waals surface area contributed by atoms with Crippen molar-refractivity contribution in [1.29, 1.82) is 0 Å². The topological polar surface area (TPSA) is 56.2 Å². The Bertz CT molecular complexity index is 583. The molecular weight excluding hydrogens is 311 g/mol. The van der Waals surface area contributed by atoms with Crippen LogP contribution in [0.3, 0.4) is 0 Å². The molecule has 3 atom stereocenters. The summed E-state index contributed by atoms with van der Waals surface area (Å²) in [5.74, 6) is -0.783. The van der Waals surface area contributed by atoms with E-state index in [2.05, 4.69) is 10.4 Å². The summed E-state index contributed by atoms with van der Waals surface area (Å²) in [6.07, 6.45) is -3.66. The molecule has 23 heavy (non-hydrogen) atoms. The Morgan fingerprint density at radius 2 is 2.13 bits per heavy atom. The third kappa shape index (κ3) is 4.04. The van der Waals surface area contributed by atoms with Gasteiger partial charge in [0.15, 0.2) is 0 Å². The first kappa shape index (κ1) is 17.8. The zero-order valence-corrected chi connectivity index (χ0v) is 13.7. The Labute approximate surface area is 133 Å². The van der Waals surface area contributed by atoms with E-state index in [0.717, 1.165) is 11.1 Å². The smallest absolute Gasteiger partial charge is 0.376 e. The Balaban J connectivity index is 2.15. The zero-order valence-electron chi connectivity index (χ0n) is 13.7. The van der Waals surface area contributed by atoms with Crippen molar-refractivity contribution >= 4 is 5.91 Å². The predicted molar refractivity (Wildman–Crippen MR) is 78.1 cm³/mol. The van der Waals surface area contributed by atoms with Gasteiger partial charge in [0.1, 0.15) is 6.54 Å². The molecule has 0 aliphatic carbocycles. The molecule has 5 nitrogen and oxygen atoms in total. The van der Waals surface area contributed by atoms with Crippen LogP contribution in [0.15, 0.2) is 0 Å². The molecule has 0 radical (unpaired) electrons. The molecule has 0 spiro atoms. The minimum atomic E-state index is -4.34. The molecule has 130 valence electrons. The first-order valence-corrected chi connectivity index (χ1v) is 7.62. The van der Waals surface area contributed by atoms with Gasteiger partial charge in [-0.3, -0.25) is 9.48 Å². The molecule has 1 aromatic rings. The molecule has 0 aromatic carbocycles. The standard InChI is InChI=1S/C15H22F3N3O2/c1-8(14(22)19-12-5-6-23-11(12)4)13-9(2)20-21(10(13)3)7-15(16,17)18/h8,11-12H,5-7H2,1-4H3,(H,19,22)/t8-,11-,12-/m0/s1. The maximum Gasteiger partial charge on any atom is 0.408 e. The number of amides is 1. The number of hydrogen-bond donors (Lipinski definition) is 1. The van der Waals surface area contributed by atoms with Crippen molar-refractivity contribution in [2.45, 2.75) is 64.9 Å². The number of ether oxygens (including phenoxy) is 1. The van der Waals surface area contributed by atoms with Gasteiger partial charge in [-0.2, -0.15) is 18.3 Å². The number of aryl methyl sites for hydroxylation is 1. The van der Waals surface area contributed by atoms with Crippen molar-refractivity contribution in [3.05, 3.63) is 17.0 Å². The molecule has 0 unspecified atom stereocenters. The van der Waals surface area contributed by atoms with Gasteiger partial charge in [-0.05, 0) is 34.1 Å². The summed E-state index contributed by atoms with van der Waals surface area (Å²) in [6.45, 7) is 6.21. The Hall–Kier alpha value is -1.57. The number of alkyl halides is 3. The maximum atomic E-state index is 12.6. The second-order valence-corrected chi connectivity index (χ2v) is 6.06. The van der Waals surface area contributed by atoms with Crippen LogP contribution in [0.25, 0.3) is 0 Å². The Kier molecular flexibility index (Phi) is 5.03. The highest BCUT2D eigenvalue weighted by Gasteiger charge is 2.33. The van der Waals surface area contributed by atoms with Crippen LogP contribution in [-0.2, 0) is 16.1 Å². The number of hydrogen-bond acceptors (Lipinski definition) is 3. The lowest BCUT2D eigenvalue weighted by Crippen LogP contribution is -2.41. The fourth-order valence-corrected chi connectivity index (χ4v) is 3.02. The van der Waals surface area contributed by atoms with Crippen molar-refractivity contribution in [2.24, 2.45) is 0 Å². The van der Waals surface area contributed by atoms with Gasteiger partial charge in [0.25, 0.3) is 0 Å². The summed E-state index contributed by atoms with van der Waals surface area (Å²) >= 11 is 0. The van der Waals surface area contributed by atoms with E-state index in [4.69, 9.17) is 4.74 Å². The molecule has 1 aliphatic heterocycles. The van der Waals surface area contributed by atoms with Crippen LogP contribution in [0.5, 0.6) is 0 Å². The lowest BCUT2D eigenvalue weighted by atomic mass is 9.97. The fourth-order valence-electron chi connectivity index (χ4n) is 3.02. The molecule has 2 heterocycles. The van der Waals surface area contributed by atoms with E-state index < -0.39 is 18.6 Å². The van der Waals surface area contributed by atoms with Gasteiger partial charge in [-0.25, -0.2) is 0 Å². The third-order valence-electron chi connectivity index (χ3n) is 4.30. The van der Waals surface area contributed by atoms with Gasteiger partial charge in [0.05, 0.1) is 23.8 Å². The molecule has 2 rings (SSSR count). The van der Waals surface area contributed by atoms with Gasteiger partial charge >= 0.3 is 6.18 Å². The predicted octanol–water partition coefficient (Wildman–Crippen LogP) is 2.46. The van der Waals surface area contributed by atoms with Crippen LogP contribution in [0, 0.1) is 13.8 Å². The van der Waals surface area contributed by atoms with Crippen LogP contribution < -0.4 is 5.32 Å². The number of aromatic nitrogens is 2. The average molecular weight is 333 g/mol. The average Bonchev–Trinajstić information content (AvgIpc) is 2.92. The minimum absolute atomic E-state index is 0.0544. The van der Waals surface area contributed by atoms with Gasteiger partial charge in [0, 0.05) is 17.9 Å². The van der Waals surface area contributed by atoms with Crippen molar-refractivity contribution < 1.29 is 22.7 Å². The van der Waals surface area contributed by atoms with E-state index in [1.54, 1.807) is 20.8 Å². The molecule has 8 heteroatoms. The first-order valence-electron chi connectivity index (χ1n) is 7.62. The van der Waals surface area contributed by atoms with Crippen molar-refractivity contribution in [3.8, 4) is 0 Å². The highest BCUT2D eigenvalue weighted by molar-refractivity contribution is 5.84. The lowest BCUT2D eigenvalue weighted by Gasteiger charge is -2.19. The summed E-state index contributed by atoms with van der Waals surface area (Å²) in [7, 11) is 0. The van der Waals surface area contributed by atoms with Gasteiger partial charge in [0.2, 0.25) is 5.91 Å². The van der Waals surface area contributed by atoms with Gasteiger partial charge in [-0.15, -0.1) is 0 Å². The highest BCUT2D eigenvalue weighted by atomic mass is 19.4. The van der Waals surface area contributed by atoms with Crippen molar-refractivity contribution in [1.82, 2.24) is 15.1 Å². The number of halogens is 3. The van der Waals surface area contributed by atoms with E-state index in [0.29, 0.717) is 23.6 Å². The van der Waals surface area contributed by atoms with Crippen molar-refractivity contribution in [2.75, 3.05) is 6.61 Å². The minimum Gasteiger partial charge on any atom is -0.376 e. The summed E-state index contributed by atoms with van der Waals surface area (Å²) in [4.78, 5) is 12.4. The van der Waals surface area contributed by atoms with E-state index in [1.165, 1.54) is 0 Å². The van der Waals surface area contributed by atoms with Gasteiger partial charge in [-0.1, -0.05) is 0 Å². The summed E-state index contributed by atoms with van der Waals surface area (Å²) in [6, 6.07) is -0.0595. The first-order chi connectivity index (χ1) is 10.6. The molecule has 1 fully saturated rings. The van der Waals surface area contributed by atoms with Crippen LogP contribution in [0.2, 0.25) is 0 Å². The second kappa shape index (κ2) is 6.51. The monoisotopic (exact) mass is 333 g/mol. The molecule has 1 saturated heterocycles. The molecule has 1 amide bonds. The van der Waals surface area contributed by atoms with Crippen LogP contribution in [-0.4, -0.2) is 40.6 Å². The zero-order chi connectivity index (χ0) is 17.4. The summed E-state index contributed by atoms with van der Waals surface area (Å²) in [5, 5.41) is 6.85. The molecule has 1 aromatic heterocycles. The number of nitrogens with one attached hydrogen (secondary N) is 1. The quantitative estimate of drug-likeness (QED) is 0.921. The SMILES string of the molecule is Cc1nn(CC(F)(F)F)c(C)c1[C@H](C)C(=O)N[C@H]1CCO[C@H]1C. The molecule has 0 bridgehead atoms. The van der Waals surface area contributed by atoms with Crippen LogP contribution in [0.4, 0.5) is 13.2 Å². The summed E-state index contributed by atoms with van der Waals surface area (Å²) < 4.78 is 44.1. The van der Waals surface area contributed by atoms with Crippen molar-refractivity contribution in [3.63, 3.8) is 0 Å². The maximum absolute atomic E-state index is 12.6. The largest absolute Gasteiger partial charge is 0.408 e. The number of rotatable bonds is 4. The van der Waals surface area contributed by atoms with Crippen LogP contribution in [0.1, 0.15) is 43.1 Å². The number of nitrogens with zero attached hydrogens (tertiary/aromatic N) is 2. The number of carbonyl (C=O) groups excluding carboxylic acids is 1. The number of carbonyl (C=O) groups is 1. The van der Waals surface area contributed by atoms with E-state index in [9.17, 15) is 18.0 Å². The lowest BCUT2D eigenvalue weighted by molar-refractivity contribution is -0.143. The van der Waals surface area contributed by atoms with E-state index >= 15 is 0 Å². The highest BCUT2D eigenvalue weighted by Crippen LogP contribution is 2.27. The molecular formula is C15H22F3N3O2. The van der Waals surface area contributed by atoms with E-state index in [-0.39, 0.29) is 18.1 Å². The Morgan fingerprint density at radius 3 is 2.65 bits per heavy atom. The summed E-state index contributed by atoms with van der Waals surface area (Å²) in [5.41, 5.74) is 1.38.